The van der Waals surface area contributed by atoms with E-state index in [1.165, 1.54) is 0 Å². The highest BCUT2D eigenvalue weighted by Crippen LogP contribution is 2.31. The highest BCUT2D eigenvalue weighted by Gasteiger charge is 2.25. The number of fused-ring (bicyclic) bond motifs is 1. The third kappa shape index (κ3) is 2.67. The van der Waals surface area contributed by atoms with Crippen LogP contribution in [0.15, 0.2) is 36.4 Å². The largest absolute Gasteiger partial charge is 0.385 e. The number of carbonyl (C=O) groups excluding carboxylic acids is 1. The molecule has 0 spiro atoms. The van der Waals surface area contributed by atoms with Crippen LogP contribution in [0, 0.1) is 0 Å². The summed E-state index contributed by atoms with van der Waals surface area (Å²) >= 11 is 0. The molecule has 0 radical (unpaired) electrons. The van der Waals surface area contributed by atoms with Crippen molar-refractivity contribution >= 4 is 11.6 Å². The summed E-state index contributed by atoms with van der Waals surface area (Å²) in [6.07, 6.45) is 0.846. The van der Waals surface area contributed by atoms with Crippen LogP contribution >= 0.6 is 0 Å². The molecule has 0 saturated carbocycles. The quantitative estimate of drug-likeness (QED) is 0.782. The van der Waals surface area contributed by atoms with Gasteiger partial charge in [-0.25, -0.2) is 0 Å². The molecule has 1 atom stereocenters. The molecular weight excluding hydrogens is 212 g/mol. The summed E-state index contributed by atoms with van der Waals surface area (Å²) < 4.78 is 0. The number of hydrogen-bond acceptors (Lipinski definition) is 2. The molecule has 90 valence electrons. The fraction of sp³-hybridized carbons (Fsp3) is 0.357. The summed E-state index contributed by atoms with van der Waals surface area (Å²) in [6.45, 7) is 7.11. The smallest absolute Gasteiger partial charge is 0.227 e. The molecular formula is C14H18N2O. The van der Waals surface area contributed by atoms with Crippen molar-refractivity contribution in [2.24, 2.45) is 0 Å². The van der Waals surface area contributed by atoms with Gasteiger partial charge in [-0.3, -0.25) is 4.79 Å². The first-order chi connectivity index (χ1) is 8.18. The Balaban J connectivity index is 2.12. The summed E-state index contributed by atoms with van der Waals surface area (Å²) in [7, 11) is 0. The lowest BCUT2D eigenvalue weighted by Crippen LogP contribution is -2.33. The fourth-order valence-electron chi connectivity index (χ4n) is 2.10. The van der Waals surface area contributed by atoms with Gasteiger partial charge >= 0.3 is 0 Å². The van der Waals surface area contributed by atoms with Gasteiger partial charge in [0.25, 0.3) is 0 Å². The minimum absolute atomic E-state index is 0.0354. The van der Waals surface area contributed by atoms with Crippen molar-refractivity contribution in [3.63, 3.8) is 0 Å². The second-order valence-electron chi connectivity index (χ2n) is 4.53. The van der Waals surface area contributed by atoms with Gasteiger partial charge in [0.2, 0.25) is 5.91 Å². The van der Waals surface area contributed by atoms with Crippen molar-refractivity contribution < 1.29 is 4.79 Å². The summed E-state index contributed by atoms with van der Waals surface area (Å²) in [5, 5.41) is 6.24. The molecule has 1 heterocycles. The van der Waals surface area contributed by atoms with E-state index in [-0.39, 0.29) is 11.8 Å². The van der Waals surface area contributed by atoms with E-state index in [0.717, 1.165) is 29.8 Å². The first-order valence-corrected chi connectivity index (χ1v) is 5.93. The number of rotatable bonds is 3. The van der Waals surface area contributed by atoms with Crippen LogP contribution < -0.4 is 10.6 Å². The molecule has 0 saturated heterocycles. The lowest BCUT2D eigenvalue weighted by Gasteiger charge is -2.25. The summed E-state index contributed by atoms with van der Waals surface area (Å²) in [5.41, 5.74) is 3.15. The summed E-state index contributed by atoms with van der Waals surface area (Å²) in [5.74, 6) is 0.0637. The maximum Gasteiger partial charge on any atom is 0.227 e. The normalized spacial score (nSPS) is 17.8. The molecule has 1 aromatic rings. The van der Waals surface area contributed by atoms with Crippen LogP contribution in [0.5, 0.6) is 0 Å². The first kappa shape index (κ1) is 11.7. The van der Waals surface area contributed by atoms with Crippen molar-refractivity contribution in [1.82, 2.24) is 5.32 Å². The minimum Gasteiger partial charge on any atom is -0.385 e. The first-order valence-electron chi connectivity index (χ1n) is 5.93. The Morgan fingerprint density at radius 1 is 1.53 bits per heavy atom. The molecule has 1 aliphatic heterocycles. The van der Waals surface area contributed by atoms with Gasteiger partial charge < -0.3 is 10.6 Å². The van der Waals surface area contributed by atoms with Gasteiger partial charge in [0, 0.05) is 18.8 Å². The monoisotopic (exact) mass is 230 g/mol. The number of para-hydroxylation sites is 1. The van der Waals surface area contributed by atoms with Crippen molar-refractivity contribution in [2.45, 2.75) is 19.3 Å². The lowest BCUT2D eigenvalue weighted by atomic mass is 9.90. The molecule has 1 amide bonds. The van der Waals surface area contributed by atoms with Crippen LogP contribution in [-0.4, -0.2) is 19.0 Å². The standard InChI is InChI=1S/C14H18N2O/c1-10(2)9-16-14(17)12-7-8-15-13-6-4-3-5-11(12)13/h3-6,12,15H,1,7-9H2,2H3,(H,16,17). The molecule has 2 N–H and O–H groups in total. The third-order valence-corrected chi connectivity index (χ3v) is 2.97. The molecule has 2 rings (SSSR count). The van der Waals surface area contributed by atoms with Crippen LogP contribution in [0.25, 0.3) is 0 Å². The van der Waals surface area contributed by atoms with Gasteiger partial charge in [-0.1, -0.05) is 30.4 Å². The van der Waals surface area contributed by atoms with Crippen LogP contribution in [0.3, 0.4) is 0 Å². The topological polar surface area (TPSA) is 41.1 Å². The van der Waals surface area contributed by atoms with Gasteiger partial charge in [-0.2, -0.15) is 0 Å². The van der Waals surface area contributed by atoms with Gasteiger partial charge in [0.1, 0.15) is 0 Å². The zero-order valence-electron chi connectivity index (χ0n) is 10.1. The Hall–Kier alpha value is -1.77. The fourth-order valence-corrected chi connectivity index (χ4v) is 2.10. The van der Waals surface area contributed by atoms with Crippen LogP contribution in [0.2, 0.25) is 0 Å². The van der Waals surface area contributed by atoms with Crippen molar-refractivity contribution in [3.8, 4) is 0 Å². The molecule has 1 unspecified atom stereocenters. The van der Waals surface area contributed by atoms with E-state index in [0.29, 0.717) is 6.54 Å². The van der Waals surface area contributed by atoms with Crippen molar-refractivity contribution in [2.75, 3.05) is 18.4 Å². The van der Waals surface area contributed by atoms with E-state index in [9.17, 15) is 4.79 Å². The number of hydrogen-bond donors (Lipinski definition) is 2. The van der Waals surface area contributed by atoms with Gasteiger partial charge in [-0.05, 0) is 25.0 Å². The maximum atomic E-state index is 12.1. The van der Waals surface area contributed by atoms with Gasteiger partial charge in [-0.15, -0.1) is 0 Å². The Bertz CT molecular complexity index is 440. The molecule has 0 fully saturated rings. The highest BCUT2D eigenvalue weighted by atomic mass is 16.1. The number of amides is 1. The van der Waals surface area contributed by atoms with E-state index in [1.807, 2.05) is 31.2 Å². The Morgan fingerprint density at radius 2 is 2.29 bits per heavy atom. The zero-order valence-corrected chi connectivity index (χ0v) is 10.1. The van der Waals surface area contributed by atoms with E-state index in [2.05, 4.69) is 17.2 Å². The number of nitrogens with one attached hydrogen (secondary N) is 2. The average Bonchev–Trinajstić information content (AvgIpc) is 2.35. The second-order valence-corrected chi connectivity index (χ2v) is 4.53. The van der Waals surface area contributed by atoms with Crippen LogP contribution in [-0.2, 0) is 4.79 Å². The molecule has 0 aliphatic carbocycles. The number of benzene rings is 1. The Labute approximate surface area is 102 Å². The van der Waals surface area contributed by atoms with Crippen molar-refractivity contribution in [3.05, 3.63) is 42.0 Å². The number of anilines is 1. The summed E-state index contributed by atoms with van der Waals surface area (Å²) in [4.78, 5) is 12.1. The molecule has 3 nitrogen and oxygen atoms in total. The van der Waals surface area contributed by atoms with E-state index in [4.69, 9.17) is 0 Å². The molecule has 0 bridgehead atoms. The molecule has 3 heteroatoms. The number of carbonyl (C=O) groups is 1. The predicted octanol–water partition coefficient (Wildman–Crippen LogP) is 2.28. The Kier molecular flexibility index (Phi) is 3.47. The lowest BCUT2D eigenvalue weighted by molar-refractivity contribution is -0.122. The predicted molar refractivity (Wildman–Crippen MR) is 70.1 cm³/mol. The Morgan fingerprint density at radius 3 is 3.06 bits per heavy atom. The molecule has 1 aromatic carbocycles. The second kappa shape index (κ2) is 5.04. The minimum atomic E-state index is -0.0354. The van der Waals surface area contributed by atoms with Gasteiger partial charge in [0.15, 0.2) is 0 Å². The maximum absolute atomic E-state index is 12.1. The van der Waals surface area contributed by atoms with Crippen LogP contribution in [0.1, 0.15) is 24.8 Å². The molecule has 1 aliphatic rings. The van der Waals surface area contributed by atoms with E-state index < -0.39 is 0 Å². The van der Waals surface area contributed by atoms with E-state index >= 15 is 0 Å². The third-order valence-electron chi connectivity index (χ3n) is 2.97. The highest BCUT2D eigenvalue weighted by molar-refractivity contribution is 5.86. The zero-order chi connectivity index (χ0) is 12.3. The molecule has 0 aromatic heterocycles. The average molecular weight is 230 g/mol. The van der Waals surface area contributed by atoms with Crippen LogP contribution in [0.4, 0.5) is 5.69 Å². The van der Waals surface area contributed by atoms with E-state index in [1.54, 1.807) is 0 Å². The SMILES string of the molecule is C=C(C)CNC(=O)C1CCNc2ccccc21. The summed E-state index contributed by atoms with van der Waals surface area (Å²) in [6, 6.07) is 8.00. The van der Waals surface area contributed by atoms with Gasteiger partial charge in [0.05, 0.1) is 5.92 Å². The van der Waals surface area contributed by atoms with Crippen molar-refractivity contribution in [1.29, 1.82) is 0 Å². The molecule has 17 heavy (non-hydrogen) atoms.